The molecule has 0 radical (unpaired) electrons. The monoisotopic (exact) mass is 470 g/mol. The number of aliphatic hydroxyl groups is 1. The van der Waals surface area contributed by atoms with Crippen LogP contribution in [-0.2, 0) is 14.2 Å². The SMILES string of the molecule is Cl.[2H]C([2H])([2H])N.[2H]C([2H])([2H])NC([2H])([2H])C([2H])(O)c1cccc(OCOC)c1.[2H]C1([2H])OC1([2H])c1cccc(OCOC)c1. The van der Waals surface area contributed by atoms with Crippen molar-refractivity contribution < 1.29 is 45.2 Å². The van der Waals surface area contributed by atoms with Crippen molar-refractivity contribution in [2.75, 3.05) is 54.8 Å². The molecule has 0 saturated carbocycles. The van der Waals surface area contributed by atoms with Crippen molar-refractivity contribution in [3.05, 3.63) is 59.7 Å². The second-order valence-corrected chi connectivity index (χ2v) is 5.29. The van der Waals surface area contributed by atoms with Crippen LogP contribution in [0.3, 0.4) is 0 Å². The molecule has 2 aromatic carbocycles. The van der Waals surface area contributed by atoms with Gasteiger partial charge in [-0.15, -0.1) is 12.4 Å². The summed E-state index contributed by atoms with van der Waals surface area (Å²) in [6.07, 6.45) is -4.44. The third-order valence-corrected chi connectivity index (χ3v) is 3.28. The zero-order chi connectivity index (χ0) is 32.6. The first kappa shape index (κ1) is 14.3. The second-order valence-electron chi connectivity index (χ2n) is 5.29. The lowest BCUT2D eigenvalue weighted by Gasteiger charge is -2.12. The highest BCUT2D eigenvalue weighted by Crippen LogP contribution is 2.31. The number of nitrogens with two attached hydrogens (primary N) is 1. The van der Waals surface area contributed by atoms with Crippen LogP contribution in [0, 0.1) is 0 Å². The molecule has 176 valence electrons. The van der Waals surface area contributed by atoms with E-state index in [0.717, 1.165) is 0 Å². The average Bonchev–Trinajstić information content (AvgIpc) is 3.38. The third kappa shape index (κ3) is 11.9. The molecule has 2 atom stereocenters. The standard InChI is InChI=1S/C11H17NO3.C10H12O3.CH5N.ClH/c1-12-7-11(13)9-4-3-5-10(6-9)15-8-14-2;1-11-7-13-9-4-2-3-8(5-9)10-6-12-10;1-2;/h3-6,11-13H,7-8H2,1-2H3;2-5,10H,6-7H2,1H3;2H2,1H3;1H/i1D3,7D2,11D;6D2,10D;1D3;. The molecule has 4 N–H and O–H groups in total. The Bertz CT molecular complexity index is 1130. The fraction of sp³-hybridized carbons (Fsp3) is 0.455. The third-order valence-electron chi connectivity index (χ3n) is 3.28. The molecule has 1 heterocycles. The summed E-state index contributed by atoms with van der Waals surface area (Å²) >= 11 is 0. The molecule has 8 nitrogen and oxygen atoms in total. The van der Waals surface area contributed by atoms with E-state index in [1.807, 2.05) is 0 Å². The van der Waals surface area contributed by atoms with E-state index in [2.05, 4.69) is 5.73 Å². The Labute approximate surface area is 207 Å². The van der Waals surface area contributed by atoms with Gasteiger partial charge in [-0.3, -0.25) is 0 Å². The van der Waals surface area contributed by atoms with Crippen molar-refractivity contribution in [2.24, 2.45) is 5.73 Å². The molecule has 1 aliphatic rings. The van der Waals surface area contributed by atoms with Gasteiger partial charge in [0.1, 0.15) is 17.6 Å². The van der Waals surface area contributed by atoms with E-state index in [0.29, 0.717) is 11.3 Å². The Morgan fingerprint density at radius 1 is 1.26 bits per heavy atom. The lowest BCUT2D eigenvalue weighted by molar-refractivity contribution is 0.0507. The molecule has 31 heavy (non-hydrogen) atoms. The molecule has 0 aromatic heterocycles. The number of likely N-dealkylation sites (N-methyl/N-ethyl adjacent to an activating group) is 1. The summed E-state index contributed by atoms with van der Waals surface area (Å²) in [4.78, 5) is 0. The Kier molecular flexibility index (Phi) is 8.17. The highest BCUT2D eigenvalue weighted by molar-refractivity contribution is 5.85. The molecule has 1 saturated heterocycles. The number of ether oxygens (including phenoxy) is 5. The van der Waals surface area contributed by atoms with Crippen LogP contribution in [0.2, 0.25) is 0 Å². The Morgan fingerprint density at radius 3 is 2.39 bits per heavy atom. The number of benzene rings is 2. The Balaban J connectivity index is 0.000000710. The lowest BCUT2D eigenvalue weighted by atomic mass is 10.1. The van der Waals surface area contributed by atoms with Crippen molar-refractivity contribution in [1.29, 1.82) is 0 Å². The minimum absolute atomic E-state index is 0. The molecule has 1 aliphatic heterocycles. The van der Waals surface area contributed by atoms with Crippen LogP contribution in [0.25, 0.3) is 0 Å². The van der Waals surface area contributed by atoms with Gasteiger partial charge in [-0.25, -0.2) is 0 Å². The molecular weight excluding hydrogens is 424 g/mol. The van der Waals surface area contributed by atoms with Gasteiger partial charge in [-0.2, -0.15) is 0 Å². The van der Waals surface area contributed by atoms with Gasteiger partial charge in [0.2, 0.25) is 0 Å². The fourth-order valence-corrected chi connectivity index (χ4v) is 1.99. The average molecular weight is 471 g/mol. The molecule has 3 rings (SSSR count). The van der Waals surface area contributed by atoms with Crippen molar-refractivity contribution in [2.45, 2.75) is 12.2 Å². The number of epoxide rings is 1. The number of hydrogen-bond acceptors (Lipinski definition) is 8. The number of halogens is 1. The summed E-state index contributed by atoms with van der Waals surface area (Å²) in [6.45, 7) is -9.86. The molecule has 2 unspecified atom stereocenters. The van der Waals surface area contributed by atoms with Gasteiger partial charge in [-0.05, 0) is 49.3 Å². The zero-order valence-corrected chi connectivity index (χ0v) is 17.8. The Morgan fingerprint density at radius 2 is 1.84 bits per heavy atom. The van der Waals surface area contributed by atoms with Crippen LogP contribution in [0.4, 0.5) is 0 Å². The number of rotatable bonds is 10. The van der Waals surface area contributed by atoms with Gasteiger partial charge in [0, 0.05) is 31.7 Å². The molecular formula is C22H35ClN2O6. The van der Waals surface area contributed by atoms with Gasteiger partial charge < -0.3 is 39.8 Å². The van der Waals surface area contributed by atoms with Gasteiger partial charge in [0.05, 0.1) is 18.1 Å². The summed E-state index contributed by atoms with van der Waals surface area (Å²) < 4.78 is 109. The molecule has 0 aliphatic carbocycles. The quantitative estimate of drug-likeness (QED) is 0.359. The van der Waals surface area contributed by atoms with E-state index in [4.69, 9.17) is 40.1 Å². The van der Waals surface area contributed by atoms with Crippen molar-refractivity contribution >= 4 is 12.4 Å². The van der Waals surface area contributed by atoms with Crippen molar-refractivity contribution in [1.82, 2.24) is 5.32 Å². The normalized spacial score (nSPS) is 26.6. The van der Waals surface area contributed by atoms with Gasteiger partial charge in [0.15, 0.2) is 13.6 Å². The van der Waals surface area contributed by atoms with Crippen molar-refractivity contribution in [3.8, 4) is 11.5 Å². The van der Waals surface area contributed by atoms with Crippen LogP contribution >= 0.6 is 12.4 Å². The topological polar surface area (TPSA) is 108 Å². The molecule has 0 amide bonds. The summed E-state index contributed by atoms with van der Waals surface area (Å²) in [5.41, 5.74) is 4.64. The second kappa shape index (κ2) is 17.7. The zero-order valence-electron chi connectivity index (χ0n) is 29.0. The first-order chi connectivity index (χ1) is 19.0. The van der Waals surface area contributed by atoms with E-state index in [1.165, 1.54) is 38.5 Å². The molecule has 1 fully saturated rings. The minimum atomic E-state index is -2.90. The maximum Gasteiger partial charge on any atom is 0.188 e. The maximum absolute atomic E-state index is 10.1. The van der Waals surface area contributed by atoms with Crippen LogP contribution < -0.4 is 20.5 Å². The summed E-state index contributed by atoms with van der Waals surface area (Å²) in [7, 11) is 2.93. The summed E-state index contributed by atoms with van der Waals surface area (Å²) in [6, 6.07) is 12.1. The van der Waals surface area contributed by atoms with Gasteiger partial charge in [0.25, 0.3) is 0 Å². The van der Waals surface area contributed by atoms with Crippen LogP contribution in [-0.4, -0.2) is 59.9 Å². The number of nitrogens with one attached hydrogen (secondary N) is 1. The molecule has 0 bridgehead atoms. The predicted octanol–water partition coefficient (Wildman–Crippen LogP) is 2.66. The van der Waals surface area contributed by atoms with E-state index >= 15 is 0 Å². The van der Waals surface area contributed by atoms with Crippen LogP contribution in [0.1, 0.15) is 39.7 Å². The van der Waals surface area contributed by atoms with Crippen LogP contribution in [0.5, 0.6) is 11.5 Å². The largest absolute Gasteiger partial charge is 0.468 e. The molecule has 0 spiro atoms. The first-order valence-corrected chi connectivity index (χ1v) is 8.44. The highest BCUT2D eigenvalue weighted by Gasteiger charge is 2.24. The smallest absolute Gasteiger partial charge is 0.188 e. The summed E-state index contributed by atoms with van der Waals surface area (Å²) in [5.74, 6) is 0.780. The van der Waals surface area contributed by atoms with E-state index < -0.39 is 39.2 Å². The Hall–Kier alpha value is -1.91. The first-order valence-electron chi connectivity index (χ1n) is 14.4. The highest BCUT2D eigenvalue weighted by atomic mass is 35.5. The lowest BCUT2D eigenvalue weighted by Crippen LogP contribution is -2.16. The van der Waals surface area contributed by atoms with Gasteiger partial charge in [-0.1, -0.05) is 24.3 Å². The van der Waals surface area contributed by atoms with E-state index in [9.17, 15) is 5.11 Å². The molecule has 2 aromatic rings. The fourth-order valence-electron chi connectivity index (χ4n) is 1.99. The molecule has 9 heteroatoms. The van der Waals surface area contributed by atoms with E-state index in [-0.39, 0.29) is 37.3 Å². The van der Waals surface area contributed by atoms with Gasteiger partial charge >= 0.3 is 0 Å². The number of hydrogen-bond donors (Lipinski definition) is 3. The number of methoxy groups -OCH3 is 2. The minimum Gasteiger partial charge on any atom is -0.468 e. The van der Waals surface area contributed by atoms with Crippen molar-refractivity contribution in [3.63, 3.8) is 0 Å². The maximum atomic E-state index is 10.1. The summed E-state index contributed by atoms with van der Waals surface area (Å²) in [5, 5.41) is 11.7. The van der Waals surface area contributed by atoms with Crippen LogP contribution in [0.15, 0.2) is 48.5 Å². The van der Waals surface area contributed by atoms with E-state index in [1.54, 1.807) is 29.6 Å². The predicted molar refractivity (Wildman–Crippen MR) is 123 cm³/mol.